The van der Waals surface area contributed by atoms with E-state index in [1.54, 1.807) is 0 Å². The van der Waals surface area contributed by atoms with Gasteiger partial charge < -0.3 is 33.8 Å². The van der Waals surface area contributed by atoms with Crippen LogP contribution in [0.4, 0.5) is 0 Å². The summed E-state index contributed by atoms with van der Waals surface area (Å²) in [6.45, 7) is 14.1. The summed E-state index contributed by atoms with van der Waals surface area (Å²) in [6, 6.07) is 0. The van der Waals surface area contributed by atoms with E-state index in [1.807, 2.05) is 0 Å². The van der Waals surface area contributed by atoms with Crippen molar-refractivity contribution in [3.8, 4) is 0 Å². The van der Waals surface area contributed by atoms with Gasteiger partial charge in [0.1, 0.15) is 19.3 Å². The maximum absolute atomic E-state index is 13.0. The van der Waals surface area contributed by atoms with Crippen LogP contribution in [0.2, 0.25) is 0 Å². The highest BCUT2D eigenvalue weighted by molar-refractivity contribution is 7.47. The van der Waals surface area contributed by atoms with Gasteiger partial charge in [0.15, 0.2) is 12.2 Å². The molecule has 0 saturated heterocycles. The molecule has 17 nitrogen and oxygen atoms in total. The zero-order valence-electron chi connectivity index (χ0n) is 59.5. The van der Waals surface area contributed by atoms with Crippen LogP contribution in [0, 0.1) is 23.7 Å². The van der Waals surface area contributed by atoms with Gasteiger partial charge in [-0.2, -0.15) is 0 Å². The third-order valence-corrected chi connectivity index (χ3v) is 18.8. The molecule has 0 amide bonds. The summed E-state index contributed by atoms with van der Waals surface area (Å²) in [6.07, 6.45) is 44.6. The fourth-order valence-electron chi connectivity index (χ4n) is 10.8. The van der Waals surface area contributed by atoms with Crippen LogP contribution in [-0.2, 0) is 65.4 Å². The number of carbonyl (C=O) groups is 4. The number of rotatable bonds is 69. The van der Waals surface area contributed by atoms with Crippen LogP contribution in [0.3, 0.4) is 0 Å². The highest BCUT2D eigenvalue weighted by Gasteiger charge is 2.30. The quantitative estimate of drug-likeness (QED) is 0.0222. The molecule has 0 saturated carbocycles. The van der Waals surface area contributed by atoms with E-state index in [1.165, 1.54) is 154 Å². The van der Waals surface area contributed by atoms with E-state index in [0.717, 1.165) is 114 Å². The summed E-state index contributed by atoms with van der Waals surface area (Å²) in [5.41, 5.74) is 0. The number of aliphatic hydroxyl groups is 1. The lowest BCUT2D eigenvalue weighted by Crippen LogP contribution is -2.30. The third-order valence-electron chi connectivity index (χ3n) is 16.9. The number of ether oxygens (including phenoxy) is 4. The molecule has 0 heterocycles. The Balaban J connectivity index is 5.22. The minimum Gasteiger partial charge on any atom is -0.462 e. The number of esters is 4. The van der Waals surface area contributed by atoms with E-state index in [2.05, 4.69) is 55.4 Å². The van der Waals surface area contributed by atoms with Crippen molar-refractivity contribution < 1.29 is 80.2 Å². The Bertz CT molecular complexity index is 1800. The van der Waals surface area contributed by atoms with Crippen LogP contribution >= 0.6 is 15.6 Å². The summed E-state index contributed by atoms with van der Waals surface area (Å²) < 4.78 is 68.3. The van der Waals surface area contributed by atoms with Gasteiger partial charge in [-0.3, -0.25) is 37.3 Å². The SMILES string of the molecule is CCC(C)CCCCCCCCC(=O)OC[C@H](COP(=O)(O)OC[C@H](O)COP(=O)(O)OC[C@@H](COC(=O)CCCCCCCCCCCC(C)C)OC(=O)CCCCCCCCCCCCCCCCCCC(C)C)OC(=O)CCCCCCCCCC(C)C. The maximum Gasteiger partial charge on any atom is 0.472 e. The molecule has 0 fully saturated rings. The second kappa shape index (κ2) is 61.6. The first-order valence-corrected chi connectivity index (χ1v) is 40.2. The molecule has 0 aliphatic rings. The molecule has 19 heteroatoms. The molecule has 3 N–H and O–H groups in total. The van der Waals surface area contributed by atoms with Crippen LogP contribution in [0.1, 0.15) is 357 Å². The minimum absolute atomic E-state index is 0.102. The lowest BCUT2D eigenvalue weighted by Gasteiger charge is -2.21. The Morgan fingerprint density at radius 3 is 0.780 bits per heavy atom. The summed E-state index contributed by atoms with van der Waals surface area (Å²) in [7, 11) is -9.90. The summed E-state index contributed by atoms with van der Waals surface area (Å²) in [5.74, 6) is 0.849. The van der Waals surface area contributed by atoms with Crippen molar-refractivity contribution in [2.24, 2.45) is 23.7 Å². The van der Waals surface area contributed by atoms with E-state index in [0.29, 0.717) is 31.6 Å². The van der Waals surface area contributed by atoms with E-state index in [-0.39, 0.29) is 25.7 Å². The standard InChI is InChI=1S/C72H140O17P2/c1-9-65(8)51-43-35-30-31-37-45-53-70(75)83-59-68(89-72(77)55-47-39-29-23-26-34-42-50-64(6)7)61-87-91(80,81)85-57-66(73)56-84-90(78,79)86-60-67(58-82-69(74)52-44-36-27-22-18-20-25-33-41-49-63(4)5)88-71(76)54-46-38-28-21-17-15-13-11-10-12-14-16-19-24-32-40-48-62(2)3/h62-68,73H,9-61H2,1-8H3,(H,78,79)(H,80,81)/t65?,66-,67-,68-/m1/s1. The third kappa shape index (κ3) is 65.1. The highest BCUT2D eigenvalue weighted by Crippen LogP contribution is 2.45. The summed E-state index contributed by atoms with van der Waals surface area (Å²) in [4.78, 5) is 72.6. The molecule has 91 heavy (non-hydrogen) atoms. The average Bonchev–Trinajstić information content (AvgIpc) is 3.69. The number of aliphatic hydroxyl groups excluding tert-OH is 1. The molecular formula is C72H140O17P2. The molecule has 3 unspecified atom stereocenters. The maximum atomic E-state index is 13.0. The van der Waals surface area contributed by atoms with Gasteiger partial charge in [-0.05, 0) is 49.4 Å². The van der Waals surface area contributed by atoms with Crippen molar-refractivity contribution in [3.05, 3.63) is 0 Å². The van der Waals surface area contributed by atoms with Crippen molar-refractivity contribution in [1.29, 1.82) is 0 Å². The van der Waals surface area contributed by atoms with Gasteiger partial charge in [0.25, 0.3) is 0 Å². The van der Waals surface area contributed by atoms with Gasteiger partial charge in [-0.25, -0.2) is 9.13 Å². The first-order valence-electron chi connectivity index (χ1n) is 37.2. The van der Waals surface area contributed by atoms with Crippen LogP contribution < -0.4 is 0 Å². The van der Waals surface area contributed by atoms with Crippen molar-refractivity contribution in [3.63, 3.8) is 0 Å². The van der Waals surface area contributed by atoms with Crippen LogP contribution in [0.15, 0.2) is 0 Å². The van der Waals surface area contributed by atoms with Crippen molar-refractivity contribution >= 4 is 39.5 Å². The molecule has 0 aliphatic carbocycles. The zero-order valence-corrected chi connectivity index (χ0v) is 61.3. The fraction of sp³-hybridized carbons (Fsp3) is 0.944. The Kier molecular flexibility index (Phi) is 60.3. The Hall–Kier alpha value is -1.94. The van der Waals surface area contributed by atoms with Gasteiger partial charge >= 0.3 is 39.5 Å². The molecular weight excluding hydrogens is 1200 g/mol. The minimum atomic E-state index is -4.95. The molecule has 0 rings (SSSR count). The van der Waals surface area contributed by atoms with Crippen LogP contribution in [-0.4, -0.2) is 96.7 Å². The Morgan fingerprint density at radius 1 is 0.308 bits per heavy atom. The molecule has 0 bridgehead atoms. The summed E-state index contributed by atoms with van der Waals surface area (Å²) in [5, 5.41) is 10.6. The topological polar surface area (TPSA) is 237 Å². The predicted molar refractivity (Wildman–Crippen MR) is 367 cm³/mol. The number of hydrogen-bond acceptors (Lipinski definition) is 15. The van der Waals surface area contributed by atoms with E-state index in [9.17, 15) is 43.2 Å². The predicted octanol–water partition coefficient (Wildman–Crippen LogP) is 20.5. The Labute approximate surface area is 556 Å². The molecule has 0 spiro atoms. The molecule has 0 aromatic rings. The van der Waals surface area contributed by atoms with Gasteiger partial charge in [0.2, 0.25) is 0 Å². The molecule has 0 aromatic carbocycles. The first-order chi connectivity index (χ1) is 43.6. The molecule has 540 valence electrons. The monoisotopic (exact) mass is 1340 g/mol. The lowest BCUT2D eigenvalue weighted by molar-refractivity contribution is -0.161. The average molecular weight is 1340 g/mol. The zero-order chi connectivity index (χ0) is 67.5. The fourth-order valence-corrected chi connectivity index (χ4v) is 12.4. The summed E-state index contributed by atoms with van der Waals surface area (Å²) >= 11 is 0. The van der Waals surface area contributed by atoms with Gasteiger partial charge in [0.05, 0.1) is 26.4 Å². The van der Waals surface area contributed by atoms with Crippen molar-refractivity contribution in [2.45, 2.75) is 375 Å². The molecule has 0 aliphatic heterocycles. The Morgan fingerprint density at radius 2 is 0.527 bits per heavy atom. The largest absolute Gasteiger partial charge is 0.472 e. The van der Waals surface area contributed by atoms with E-state index < -0.39 is 97.5 Å². The second-order valence-corrected chi connectivity index (χ2v) is 30.6. The van der Waals surface area contributed by atoms with Gasteiger partial charge in [-0.1, -0.05) is 306 Å². The molecule has 0 radical (unpaired) electrons. The number of phosphoric acid groups is 2. The smallest absolute Gasteiger partial charge is 0.462 e. The van der Waals surface area contributed by atoms with E-state index in [4.69, 9.17) is 37.0 Å². The number of unbranched alkanes of at least 4 members (excludes halogenated alkanes) is 34. The second-order valence-electron chi connectivity index (χ2n) is 27.6. The lowest BCUT2D eigenvalue weighted by atomic mass is 10.00. The van der Waals surface area contributed by atoms with Gasteiger partial charge in [0, 0.05) is 25.7 Å². The molecule has 6 atom stereocenters. The van der Waals surface area contributed by atoms with E-state index >= 15 is 0 Å². The van der Waals surface area contributed by atoms with Crippen LogP contribution in [0.5, 0.6) is 0 Å². The normalized spacial score (nSPS) is 14.5. The molecule has 0 aromatic heterocycles. The number of carbonyl (C=O) groups excluding carboxylic acids is 4. The number of hydrogen-bond donors (Lipinski definition) is 3. The van der Waals surface area contributed by atoms with Gasteiger partial charge in [-0.15, -0.1) is 0 Å². The van der Waals surface area contributed by atoms with Crippen molar-refractivity contribution in [2.75, 3.05) is 39.6 Å². The van der Waals surface area contributed by atoms with Crippen molar-refractivity contribution in [1.82, 2.24) is 0 Å². The first kappa shape index (κ1) is 89.1. The van der Waals surface area contributed by atoms with Crippen LogP contribution in [0.25, 0.3) is 0 Å². The number of phosphoric ester groups is 2. The highest BCUT2D eigenvalue weighted by atomic mass is 31.2.